The topological polar surface area (TPSA) is 112 Å². The highest BCUT2D eigenvalue weighted by molar-refractivity contribution is 6.11. The van der Waals surface area contributed by atoms with Gasteiger partial charge in [0.1, 0.15) is 5.75 Å². The SMILES string of the molecule is CCCCCCCCCCCCOc1ccccc1NC(=O)C(C(=O)C(C)(C)C)n1c(O)c(OCC)n(Cc2ccccc2)c1=O. The Morgan fingerprint density at radius 1 is 0.826 bits per heavy atom. The van der Waals surface area contributed by atoms with Gasteiger partial charge in [0.2, 0.25) is 0 Å². The Morgan fingerprint density at radius 3 is 2.02 bits per heavy atom. The third-order valence-electron chi connectivity index (χ3n) is 7.96. The fourth-order valence-corrected chi connectivity index (χ4v) is 5.38. The number of imidazole rings is 1. The molecule has 2 aromatic carbocycles. The Bertz CT molecular complexity index is 1440. The molecule has 0 aliphatic carbocycles. The number of hydrogen-bond donors (Lipinski definition) is 2. The van der Waals surface area contributed by atoms with Crippen LogP contribution in [0.4, 0.5) is 5.69 Å². The minimum Gasteiger partial charge on any atom is -0.491 e. The van der Waals surface area contributed by atoms with Crippen molar-refractivity contribution >= 4 is 17.4 Å². The van der Waals surface area contributed by atoms with Crippen LogP contribution in [0.3, 0.4) is 0 Å². The molecule has 1 atom stereocenters. The van der Waals surface area contributed by atoms with Gasteiger partial charge in [-0.2, -0.15) is 0 Å². The van der Waals surface area contributed by atoms with Crippen LogP contribution in [0.2, 0.25) is 0 Å². The van der Waals surface area contributed by atoms with Crippen LogP contribution in [0.15, 0.2) is 59.4 Å². The van der Waals surface area contributed by atoms with Gasteiger partial charge in [0.05, 0.1) is 25.4 Å². The number of carbonyl (C=O) groups excluding carboxylic acids is 2. The summed E-state index contributed by atoms with van der Waals surface area (Å²) >= 11 is 0. The van der Waals surface area contributed by atoms with Crippen molar-refractivity contribution in [1.29, 1.82) is 0 Å². The summed E-state index contributed by atoms with van der Waals surface area (Å²) in [5.41, 5.74) is -0.563. The number of anilines is 1. The molecule has 1 heterocycles. The number of benzene rings is 2. The van der Waals surface area contributed by atoms with Gasteiger partial charge in [0, 0.05) is 5.41 Å². The summed E-state index contributed by atoms with van der Waals surface area (Å²) in [7, 11) is 0. The first kappa shape index (κ1) is 36.5. The molecule has 0 aliphatic rings. The lowest BCUT2D eigenvalue weighted by Crippen LogP contribution is -2.43. The third-order valence-corrected chi connectivity index (χ3v) is 7.96. The van der Waals surface area contributed by atoms with Crippen molar-refractivity contribution in [2.75, 3.05) is 18.5 Å². The van der Waals surface area contributed by atoms with Gasteiger partial charge in [0.15, 0.2) is 11.8 Å². The first-order valence-electron chi connectivity index (χ1n) is 16.9. The van der Waals surface area contributed by atoms with E-state index in [4.69, 9.17) is 9.47 Å². The second-order valence-corrected chi connectivity index (χ2v) is 12.8. The van der Waals surface area contributed by atoms with Crippen LogP contribution in [0, 0.1) is 5.41 Å². The number of rotatable bonds is 20. The Balaban J connectivity index is 1.77. The molecule has 1 aromatic heterocycles. The van der Waals surface area contributed by atoms with Crippen LogP contribution in [-0.2, 0) is 16.1 Å². The first-order valence-corrected chi connectivity index (χ1v) is 16.9. The number of para-hydroxylation sites is 2. The molecular weight excluding hydrogens is 582 g/mol. The summed E-state index contributed by atoms with van der Waals surface area (Å²) in [5, 5.41) is 14.1. The van der Waals surface area contributed by atoms with Gasteiger partial charge < -0.3 is 19.9 Å². The summed E-state index contributed by atoms with van der Waals surface area (Å²) in [6.07, 6.45) is 12.2. The minimum atomic E-state index is -1.65. The van der Waals surface area contributed by atoms with Crippen molar-refractivity contribution in [2.24, 2.45) is 5.41 Å². The number of nitrogens with one attached hydrogen (secondary N) is 1. The van der Waals surface area contributed by atoms with E-state index in [9.17, 15) is 19.5 Å². The maximum Gasteiger partial charge on any atom is 0.335 e. The number of amides is 1. The van der Waals surface area contributed by atoms with E-state index in [0.29, 0.717) is 18.0 Å². The highest BCUT2D eigenvalue weighted by Crippen LogP contribution is 2.34. The Morgan fingerprint density at radius 2 is 1.41 bits per heavy atom. The zero-order valence-electron chi connectivity index (χ0n) is 28.3. The molecule has 0 saturated heterocycles. The predicted octanol–water partition coefficient (Wildman–Crippen LogP) is 7.90. The fraction of sp³-hybridized carbons (Fsp3) is 0.541. The quantitative estimate of drug-likeness (QED) is 0.0965. The van der Waals surface area contributed by atoms with E-state index in [0.717, 1.165) is 29.4 Å². The lowest BCUT2D eigenvalue weighted by molar-refractivity contribution is -0.135. The van der Waals surface area contributed by atoms with Gasteiger partial charge in [-0.05, 0) is 31.0 Å². The number of nitrogens with zero attached hydrogens (tertiary/aromatic N) is 2. The Kier molecular flexibility index (Phi) is 14.4. The maximum absolute atomic E-state index is 13.9. The number of Topliss-reactive ketones (excluding diaryl/α,β-unsaturated/α-hetero) is 1. The summed E-state index contributed by atoms with van der Waals surface area (Å²) in [6.45, 7) is 9.73. The van der Waals surface area contributed by atoms with Gasteiger partial charge in [-0.25, -0.2) is 9.36 Å². The average Bonchev–Trinajstić information content (AvgIpc) is 3.25. The number of ether oxygens (including phenoxy) is 2. The van der Waals surface area contributed by atoms with E-state index in [2.05, 4.69) is 12.2 Å². The Hall–Kier alpha value is -4.01. The molecule has 2 N–H and O–H groups in total. The van der Waals surface area contributed by atoms with Gasteiger partial charge in [0.25, 0.3) is 17.7 Å². The second kappa shape index (κ2) is 18.2. The molecule has 9 heteroatoms. The highest BCUT2D eigenvalue weighted by Gasteiger charge is 2.40. The molecule has 252 valence electrons. The molecule has 0 aliphatic heterocycles. The van der Waals surface area contributed by atoms with Crippen LogP contribution in [0.5, 0.6) is 17.5 Å². The number of aromatic hydroxyl groups is 1. The van der Waals surface area contributed by atoms with Gasteiger partial charge in [-0.1, -0.05) is 128 Å². The molecule has 1 amide bonds. The largest absolute Gasteiger partial charge is 0.491 e. The fourth-order valence-electron chi connectivity index (χ4n) is 5.38. The normalized spacial score (nSPS) is 12.1. The summed E-state index contributed by atoms with van der Waals surface area (Å²) < 4.78 is 13.8. The predicted molar refractivity (Wildman–Crippen MR) is 183 cm³/mol. The zero-order valence-corrected chi connectivity index (χ0v) is 28.3. The lowest BCUT2D eigenvalue weighted by Gasteiger charge is -2.25. The standard InChI is InChI=1S/C37H53N3O6/c1-6-8-9-10-11-12-13-14-15-21-26-46-30-25-20-19-24-29(30)38-33(42)31(32(41)37(3,4)5)40-34(43)35(45-7-2)39(36(40)44)27-28-22-17-16-18-23-28/h16-20,22-25,31,43H,6-15,21,26-27H2,1-5H3,(H,38,42). The second-order valence-electron chi connectivity index (χ2n) is 12.8. The molecule has 0 fully saturated rings. The van der Waals surface area contributed by atoms with Crippen molar-refractivity contribution in [2.45, 2.75) is 111 Å². The van der Waals surface area contributed by atoms with E-state index in [1.165, 1.54) is 49.5 Å². The van der Waals surface area contributed by atoms with Gasteiger partial charge in [-0.3, -0.25) is 14.2 Å². The average molecular weight is 636 g/mol. The van der Waals surface area contributed by atoms with Crippen molar-refractivity contribution in [3.8, 4) is 17.5 Å². The first-order chi connectivity index (χ1) is 22.1. The molecule has 0 bridgehead atoms. The zero-order chi connectivity index (χ0) is 33.5. The number of carbonyl (C=O) groups is 2. The molecule has 1 unspecified atom stereocenters. The molecule has 46 heavy (non-hydrogen) atoms. The molecule has 0 radical (unpaired) electrons. The molecule has 0 saturated carbocycles. The third kappa shape index (κ3) is 10.3. The van der Waals surface area contributed by atoms with Crippen LogP contribution in [0.1, 0.15) is 110 Å². The van der Waals surface area contributed by atoms with Crippen LogP contribution in [0.25, 0.3) is 0 Å². The van der Waals surface area contributed by atoms with Crippen molar-refractivity contribution in [1.82, 2.24) is 9.13 Å². The van der Waals surface area contributed by atoms with E-state index in [1.807, 2.05) is 36.4 Å². The summed E-state index contributed by atoms with van der Waals surface area (Å²) in [6, 6.07) is 14.6. The van der Waals surface area contributed by atoms with E-state index >= 15 is 0 Å². The molecule has 9 nitrogen and oxygen atoms in total. The smallest absolute Gasteiger partial charge is 0.335 e. The molecule has 3 aromatic rings. The minimum absolute atomic E-state index is 0.0866. The van der Waals surface area contributed by atoms with Crippen molar-refractivity contribution < 1.29 is 24.2 Å². The lowest BCUT2D eigenvalue weighted by atomic mass is 9.86. The molecule has 0 spiro atoms. The summed E-state index contributed by atoms with van der Waals surface area (Å²) in [4.78, 5) is 41.6. The number of ketones is 1. The van der Waals surface area contributed by atoms with Crippen LogP contribution in [-0.4, -0.2) is 39.1 Å². The maximum atomic E-state index is 13.9. The number of unbranched alkanes of at least 4 members (excludes halogenated alkanes) is 9. The van der Waals surface area contributed by atoms with Crippen LogP contribution >= 0.6 is 0 Å². The van der Waals surface area contributed by atoms with E-state index in [1.54, 1.807) is 45.9 Å². The highest BCUT2D eigenvalue weighted by atomic mass is 16.5. The van der Waals surface area contributed by atoms with Crippen molar-refractivity contribution in [3.05, 3.63) is 70.6 Å². The van der Waals surface area contributed by atoms with E-state index < -0.39 is 34.7 Å². The van der Waals surface area contributed by atoms with Crippen molar-refractivity contribution in [3.63, 3.8) is 0 Å². The van der Waals surface area contributed by atoms with Gasteiger partial charge in [-0.15, -0.1) is 0 Å². The number of hydrogen-bond acceptors (Lipinski definition) is 6. The Labute approximate surface area is 273 Å². The van der Waals surface area contributed by atoms with E-state index in [-0.39, 0.29) is 19.0 Å². The summed E-state index contributed by atoms with van der Waals surface area (Å²) in [5.74, 6) is -1.50. The molecular formula is C37H53N3O6. The monoisotopic (exact) mass is 635 g/mol. The van der Waals surface area contributed by atoms with Crippen LogP contribution < -0.4 is 20.5 Å². The van der Waals surface area contributed by atoms with Gasteiger partial charge >= 0.3 is 5.69 Å². The number of aromatic nitrogens is 2. The molecule has 3 rings (SSSR count).